The molecule has 0 heterocycles. The van der Waals surface area contributed by atoms with Crippen molar-refractivity contribution < 1.29 is 9.47 Å². The van der Waals surface area contributed by atoms with Crippen molar-refractivity contribution in [3.8, 4) is 0 Å². The predicted molar refractivity (Wildman–Crippen MR) is 56.0 cm³/mol. The molecule has 2 nitrogen and oxygen atoms in total. The van der Waals surface area contributed by atoms with Crippen molar-refractivity contribution in [3.63, 3.8) is 0 Å². The van der Waals surface area contributed by atoms with E-state index in [0.29, 0.717) is 12.9 Å². The molecule has 0 saturated heterocycles. The maximum absolute atomic E-state index is 5.66. The van der Waals surface area contributed by atoms with E-state index in [1.807, 2.05) is 0 Å². The fraction of sp³-hybridized carbons (Fsp3) is 1.00. The zero-order chi connectivity index (χ0) is 9.80. The second-order valence-corrected chi connectivity index (χ2v) is 4.81. The van der Waals surface area contributed by atoms with Crippen LogP contribution in [-0.2, 0) is 9.47 Å². The van der Waals surface area contributed by atoms with Crippen LogP contribution in [0.15, 0.2) is 0 Å². The average molecular weight is 198 g/mol. The summed E-state index contributed by atoms with van der Waals surface area (Å²) in [4.78, 5) is 0. The molecule has 14 heavy (non-hydrogen) atoms. The molecule has 3 unspecified atom stereocenters. The van der Waals surface area contributed by atoms with Crippen LogP contribution in [0.5, 0.6) is 0 Å². The lowest BCUT2D eigenvalue weighted by molar-refractivity contribution is -0.0973. The molecule has 0 aromatic heterocycles. The van der Waals surface area contributed by atoms with Crippen LogP contribution >= 0.6 is 0 Å². The summed E-state index contributed by atoms with van der Waals surface area (Å²) >= 11 is 0. The fourth-order valence-corrected chi connectivity index (χ4v) is 3.15. The second-order valence-electron chi connectivity index (χ2n) is 4.81. The first kappa shape index (κ1) is 10.4. The molecule has 0 amide bonds. The summed E-state index contributed by atoms with van der Waals surface area (Å²) in [5.41, 5.74) is 0. The minimum absolute atomic E-state index is 0.474. The van der Waals surface area contributed by atoms with Crippen molar-refractivity contribution in [2.45, 2.75) is 51.0 Å². The van der Waals surface area contributed by atoms with Crippen LogP contribution in [0.4, 0.5) is 0 Å². The molecule has 0 radical (unpaired) electrons. The molecule has 3 atom stereocenters. The van der Waals surface area contributed by atoms with E-state index in [0.717, 1.165) is 11.8 Å². The van der Waals surface area contributed by atoms with Gasteiger partial charge in [0.2, 0.25) is 0 Å². The van der Waals surface area contributed by atoms with Crippen LogP contribution in [0.25, 0.3) is 0 Å². The molecule has 2 heteroatoms. The molecule has 0 aromatic carbocycles. The molecule has 2 rings (SSSR count). The lowest BCUT2D eigenvalue weighted by atomic mass is 9.70. The highest BCUT2D eigenvalue weighted by molar-refractivity contribution is 4.83. The molecular weight excluding hydrogens is 176 g/mol. The third kappa shape index (κ3) is 2.48. The van der Waals surface area contributed by atoms with Crippen molar-refractivity contribution in [2.75, 3.05) is 13.9 Å². The van der Waals surface area contributed by atoms with Crippen LogP contribution in [0.2, 0.25) is 0 Å². The van der Waals surface area contributed by atoms with Crippen molar-refractivity contribution in [1.29, 1.82) is 0 Å². The molecule has 82 valence electrons. The summed E-state index contributed by atoms with van der Waals surface area (Å²) in [6.45, 7) is 0.474. The number of rotatable bonds is 3. The van der Waals surface area contributed by atoms with Gasteiger partial charge in [0.15, 0.2) is 0 Å². The van der Waals surface area contributed by atoms with Crippen molar-refractivity contribution in [2.24, 2.45) is 11.8 Å². The number of hydrogen-bond donors (Lipinski definition) is 0. The standard InChI is InChI=1S/C12H22O2/c1-13-9-14-12-7-6-10-4-2-3-5-11(10)8-12/h10-12H,2-9H2,1H3. The third-order valence-electron chi connectivity index (χ3n) is 3.91. The molecule has 0 N–H and O–H groups in total. The van der Waals surface area contributed by atoms with Crippen molar-refractivity contribution >= 4 is 0 Å². The van der Waals surface area contributed by atoms with Gasteiger partial charge in [-0.05, 0) is 31.1 Å². The van der Waals surface area contributed by atoms with Crippen molar-refractivity contribution in [3.05, 3.63) is 0 Å². The lowest BCUT2D eigenvalue weighted by Gasteiger charge is -2.39. The van der Waals surface area contributed by atoms with Gasteiger partial charge in [-0.1, -0.05) is 25.7 Å². The Morgan fingerprint density at radius 3 is 2.57 bits per heavy atom. The van der Waals surface area contributed by atoms with Gasteiger partial charge in [0, 0.05) is 7.11 Å². The van der Waals surface area contributed by atoms with E-state index in [4.69, 9.17) is 9.47 Å². The highest BCUT2D eigenvalue weighted by Gasteiger charge is 2.32. The van der Waals surface area contributed by atoms with E-state index in [9.17, 15) is 0 Å². The quantitative estimate of drug-likeness (QED) is 0.649. The summed E-state index contributed by atoms with van der Waals surface area (Å²) in [6, 6.07) is 0. The van der Waals surface area contributed by atoms with Crippen LogP contribution < -0.4 is 0 Å². The Bertz CT molecular complexity index is 170. The topological polar surface area (TPSA) is 18.5 Å². The minimum atomic E-state index is 0.474. The highest BCUT2D eigenvalue weighted by atomic mass is 16.7. The monoisotopic (exact) mass is 198 g/mol. The van der Waals surface area contributed by atoms with Crippen LogP contribution in [0, 0.1) is 11.8 Å². The zero-order valence-corrected chi connectivity index (χ0v) is 9.21. The fourth-order valence-electron chi connectivity index (χ4n) is 3.15. The predicted octanol–water partition coefficient (Wildman–Crippen LogP) is 2.97. The smallest absolute Gasteiger partial charge is 0.146 e. The van der Waals surface area contributed by atoms with Crippen LogP contribution in [0.3, 0.4) is 0 Å². The van der Waals surface area contributed by atoms with Gasteiger partial charge in [-0.25, -0.2) is 0 Å². The number of ether oxygens (including phenoxy) is 2. The van der Waals surface area contributed by atoms with Gasteiger partial charge in [0.25, 0.3) is 0 Å². The number of hydrogen-bond acceptors (Lipinski definition) is 2. The van der Waals surface area contributed by atoms with E-state index in [1.54, 1.807) is 7.11 Å². The Morgan fingerprint density at radius 2 is 1.79 bits per heavy atom. The van der Waals surface area contributed by atoms with E-state index in [1.165, 1.54) is 44.9 Å². The summed E-state index contributed by atoms with van der Waals surface area (Å²) < 4.78 is 10.6. The minimum Gasteiger partial charge on any atom is -0.359 e. The van der Waals surface area contributed by atoms with E-state index < -0.39 is 0 Å². The van der Waals surface area contributed by atoms with E-state index >= 15 is 0 Å². The first-order chi connectivity index (χ1) is 6.90. The summed E-state index contributed by atoms with van der Waals surface area (Å²) in [5, 5.41) is 0. The van der Waals surface area contributed by atoms with Gasteiger partial charge < -0.3 is 9.47 Å². The largest absolute Gasteiger partial charge is 0.359 e. The van der Waals surface area contributed by atoms with Gasteiger partial charge in [-0.15, -0.1) is 0 Å². The first-order valence-electron chi connectivity index (χ1n) is 6.00. The van der Waals surface area contributed by atoms with E-state index in [2.05, 4.69) is 0 Å². The lowest BCUT2D eigenvalue weighted by Crippen LogP contribution is -2.32. The Morgan fingerprint density at radius 1 is 1.00 bits per heavy atom. The number of methoxy groups -OCH3 is 1. The van der Waals surface area contributed by atoms with Crippen molar-refractivity contribution in [1.82, 2.24) is 0 Å². The van der Waals surface area contributed by atoms with Gasteiger partial charge in [0.05, 0.1) is 6.10 Å². The number of fused-ring (bicyclic) bond motifs is 1. The Balaban J connectivity index is 1.77. The molecule has 2 aliphatic rings. The normalized spacial score (nSPS) is 37.9. The Kier molecular flexibility index (Phi) is 3.82. The van der Waals surface area contributed by atoms with Gasteiger partial charge >= 0.3 is 0 Å². The molecular formula is C12H22O2. The molecule has 0 aromatic rings. The van der Waals surface area contributed by atoms with Gasteiger partial charge in [-0.3, -0.25) is 0 Å². The SMILES string of the molecule is COCOC1CCC2CCCCC2C1. The van der Waals surface area contributed by atoms with Crippen LogP contribution in [-0.4, -0.2) is 20.0 Å². The van der Waals surface area contributed by atoms with Gasteiger partial charge in [-0.2, -0.15) is 0 Å². The molecule has 0 aliphatic heterocycles. The molecule has 2 saturated carbocycles. The second kappa shape index (κ2) is 5.13. The average Bonchev–Trinajstić information content (AvgIpc) is 2.26. The summed E-state index contributed by atoms with van der Waals surface area (Å²) in [5.74, 6) is 1.98. The van der Waals surface area contributed by atoms with Crippen LogP contribution in [0.1, 0.15) is 44.9 Å². The van der Waals surface area contributed by atoms with Gasteiger partial charge in [0.1, 0.15) is 6.79 Å². The summed E-state index contributed by atoms with van der Waals surface area (Å²) in [6.07, 6.45) is 10.2. The zero-order valence-electron chi connectivity index (χ0n) is 9.21. The third-order valence-corrected chi connectivity index (χ3v) is 3.91. The Hall–Kier alpha value is -0.0800. The molecule has 2 fully saturated rings. The Labute approximate surface area is 87.0 Å². The molecule has 0 spiro atoms. The highest BCUT2D eigenvalue weighted by Crippen LogP contribution is 2.41. The maximum atomic E-state index is 5.66. The summed E-state index contributed by atoms with van der Waals surface area (Å²) in [7, 11) is 1.70. The van der Waals surface area contributed by atoms with E-state index in [-0.39, 0.29) is 0 Å². The molecule has 2 aliphatic carbocycles. The first-order valence-corrected chi connectivity index (χ1v) is 6.00. The molecule has 0 bridgehead atoms. The maximum Gasteiger partial charge on any atom is 0.146 e.